The summed E-state index contributed by atoms with van der Waals surface area (Å²) in [6.07, 6.45) is 4.45. The number of para-hydroxylation sites is 1. The lowest BCUT2D eigenvalue weighted by molar-refractivity contribution is 0.0858. The highest BCUT2D eigenvalue weighted by molar-refractivity contribution is 6.09. The minimum atomic E-state index is -0.367. The fourth-order valence-electron chi connectivity index (χ4n) is 4.49. The van der Waals surface area contributed by atoms with Crippen LogP contribution in [0.3, 0.4) is 0 Å². The molecule has 1 fully saturated rings. The van der Waals surface area contributed by atoms with Gasteiger partial charge in [0.15, 0.2) is 5.69 Å². The molecular formula is C25H25FN4O3. The summed E-state index contributed by atoms with van der Waals surface area (Å²) in [5, 5.41) is 10.3. The number of ether oxygens (including phenoxy) is 1. The van der Waals surface area contributed by atoms with E-state index in [9.17, 15) is 14.0 Å². The first-order chi connectivity index (χ1) is 16.1. The first kappa shape index (κ1) is 21.3. The average Bonchev–Trinajstić information content (AvgIpc) is 3.57. The van der Waals surface area contributed by atoms with Crippen molar-refractivity contribution < 1.29 is 18.7 Å². The van der Waals surface area contributed by atoms with E-state index in [1.165, 1.54) is 12.1 Å². The van der Waals surface area contributed by atoms with Gasteiger partial charge in [0.05, 0.1) is 23.0 Å². The van der Waals surface area contributed by atoms with Gasteiger partial charge in [-0.05, 0) is 68.5 Å². The van der Waals surface area contributed by atoms with Crippen molar-refractivity contribution in [3.05, 3.63) is 76.9 Å². The maximum Gasteiger partial charge on any atom is 0.276 e. The molecule has 1 unspecified atom stereocenters. The van der Waals surface area contributed by atoms with E-state index < -0.39 is 0 Å². The standard InChI is InChI=1S/C25H25FN4O3/c26-16-10-12-17(13-11-16)30-22-9-3-7-20(22)23(29-30)25(32)28-21-8-2-1-6-19(21)24(31)27-15-18-5-4-14-33-18/h1-2,6,8,10-13,18H,3-5,7,9,14-15H2,(H,27,31)(H,28,32). The van der Waals surface area contributed by atoms with Gasteiger partial charge in [-0.15, -0.1) is 0 Å². The van der Waals surface area contributed by atoms with Crippen LogP contribution in [-0.4, -0.2) is 40.9 Å². The second-order valence-electron chi connectivity index (χ2n) is 8.36. The number of halogens is 1. The van der Waals surface area contributed by atoms with Crippen LogP contribution in [0.1, 0.15) is 51.4 Å². The lowest BCUT2D eigenvalue weighted by Gasteiger charge is -2.13. The zero-order chi connectivity index (χ0) is 22.8. The molecule has 1 aromatic heterocycles. The van der Waals surface area contributed by atoms with Crippen molar-refractivity contribution in [1.29, 1.82) is 0 Å². The smallest absolute Gasteiger partial charge is 0.276 e. The molecule has 2 aromatic carbocycles. The second kappa shape index (κ2) is 9.15. The Kier molecular flexibility index (Phi) is 5.92. The Morgan fingerprint density at radius 3 is 2.67 bits per heavy atom. The summed E-state index contributed by atoms with van der Waals surface area (Å²) in [6, 6.07) is 13.0. The van der Waals surface area contributed by atoms with E-state index >= 15 is 0 Å². The van der Waals surface area contributed by atoms with Gasteiger partial charge in [0, 0.05) is 24.4 Å². The average molecular weight is 448 g/mol. The zero-order valence-electron chi connectivity index (χ0n) is 18.1. The fraction of sp³-hybridized carbons (Fsp3) is 0.320. The minimum absolute atomic E-state index is 0.0358. The van der Waals surface area contributed by atoms with Gasteiger partial charge in [0.2, 0.25) is 0 Å². The molecule has 8 heteroatoms. The number of nitrogens with zero attached hydrogens (tertiary/aromatic N) is 2. The Bertz CT molecular complexity index is 1180. The molecule has 0 bridgehead atoms. The Hall–Kier alpha value is -3.52. The molecule has 2 heterocycles. The van der Waals surface area contributed by atoms with E-state index in [1.807, 2.05) is 0 Å². The summed E-state index contributed by atoms with van der Waals surface area (Å²) < 4.78 is 20.6. The molecule has 2 aliphatic rings. The van der Waals surface area contributed by atoms with Gasteiger partial charge in [-0.25, -0.2) is 9.07 Å². The predicted octanol–water partition coefficient (Wildman–Crippen LogP) is 3.66. The molecule has 0 saturated carbocycles. The number of carbonyl (C=O) groups is 2. The molecular weight excluding hydrogens is 423 g/mol. The lowest BCUT2D eigenvalue weighted by atomic mass is 10.1. The van der Waals surface area contributed by atoms with E-state index in [0.717, 1.165) is 50.0 Å². The number of anilines is 1. The van der Waals surface area contributed by atoms with Crippen LogP contribution in [0.5, 0.6) is 0 Å². The summed E-state index contributed by atoms with van der Waals surface area (Å²) in [4.78, 5) is 26.0. The van der Waals surface area contributed by atoms with Gasteiger partial charge < -0.3 is 15.4 Å². The van der Waals surface area contributed by atoms with Crippen molar-refractivity contribution in [2.24, 2.45) is 0 Å². The van der Waals surface area contributed by atoms with E-state index in [0.29, 0.717) is 29.2 Å². The number of rotatable bonds is 6. The van der Waals surface area contributed by atoms with Gasteiger partial charge >= 0.3 is 0 Å². The molecule has 2 amide bonds. The van der Waals surface area contributed by atoms with Gasteiger partial charge in [-0.1, -0.05) is 12.1 Å². The number of nitrogens with one attached hydrogen (secondary N) is 2. The highest BCUT2D eigenvalue weighted by atomic mass is 19.1. The van der Waals surface area contributed by atoms with Gasteiger partial charge in [-0.3, -0.25) is 9.59 Å². The normalized spacial score (nSPS) is 17.1. The maximum absolute atomic E-state index is 13.4. The summed E-state index contributed by atoms with van der Waals surface area (Å²) >= 11 is 0. The first-order valence-electron chi connectivity index (χ1n) is 11.3. The number of hydrogen-bond acceptors (Lipinski definition) is 4. The third-order valence-electron chi connectivity index (χ3n) is 6.15. The van der Waals surface area contributed by atoms with E-state index in [-0.39, 0.29) is 23.7 Å². The largest absolute Gasteiger partial charge is 0.376 e. The molecule has 1 atom stereocenters. The number of hydrogen-bond donors (Lipinski definition) is 2. The van der Waals surface area contributed by atoms with Crippen LogP contribution in [0.25, 0.3) is 5.69 Å². The molecule has 1 saturated heterocycles. The molecule has 2 N–H and O–H groups in total. The molecule has 5 rings (SSSR count). The summed E-state index contributed by atoms with van der Waals surface area (Å²) in [5.41, 5.74) is 3.73. The number of carbonyl (C=O) groups excluding carboxylic acids is 2. The SMILES string of the molecule is O=C(NCC1CCCO1)c1ccccc1NC(=O)c1nn(-c2ccc(F)cc2)c2c1CCC2. The first-order valence-corrected chi connectivity index (χ1v) is 11.3. The number of fused-ring (bicyclic) bond motifs is 1. The van der Waals surface area contributed by atoms with Gasteiger partial charge in [0.1, 0.15) is 5.82 Å². The lowest BCUT2D eigenvalue weighted by Crippen LogP contribution is -2.32. The quantitative estimate of drug-likeness (QED) is 0.603. The maximum atomic E-state index is 13.4. The molecule has 0 spiro atoms. The van der Waals surface area contributed by atoms with Crippen LogP contribution in [0.2, 0.25) is 0 Å². The van der Waals surface area contributed by atoms with E-state index in [2.05, 4.69) is 15.7 Å². The fourth-order valence-corrected chi connectivity index (χ4v) is 4.49. The molecule has 1 aliphatic heterocycles. The Balaban J connectivity index is 1.37. The van der Waals surface area contributed by atoms with Crippen molar-refractivity contribution >= 4 is 17.5 Å². The molecule has 170 valence electrons. The monoisotopic (exact) mass is 448 g/mol. The highest BCUT2D eigenvalue weighted by Gasteiger charge is 2.28. The van der Waals surface area contributed by atoms with Gasteiger partial charge in [0.25, 0.3) is 11.8 Å². The molecule has 3 aromatic rings. The number of benzene rings is 2. The Labute approximate surface area is 190 Å². The van der Waals surface area contributed by atoms with Crippen LogP contribution in [0.15, 0.2) is 48.5 Å². The van der Waals surface area contributed by atoms with Crippen molar-refractivity contribution in [2.75, 3.05) is 18.5 Å². The second-order valence-corrected chi connectivity index (χ2v) is 8.36. The third-order valence-corrected chi connectivity index (χ3v) is 6.15. The van der Waals surface area contributed by atoms with Gasteiger partial charge in [-0.2, -0.15) is 5.10 Å². The highest BCUT2D eigenvalue weighted by Crippen LogP contribution is 2.29. The van der Waals surface area contributed by atoms with E-state index in [1.54, 1.807) is 41.1 Å². The summed E-state index contributed by atoms with van der Waals surface area (Å²) in [5.74, 6) is -0.952. The van der Waals surface area contributed by atoms with Crippen LogP contribution in [0, 0.1) is 5.82 Å². The van der Waals surface area contributed by atoms with Crippen LogP contribution >= 0.6 is 0 Å². The molecule has 0 radical (unpaired) electrons. The van der Waals surface area contributed by atoms with E-state index in [4.69, 9.17) is 4.74 Å². The van der Waals surface area contributed by atoms with Crippen LogP contribution in [0.4, 0.5) is 10.1 Å². The number of aromatic nitrogens is 2. The number of amides is 2. The van der Waals surface area contributed by atoms with Crippen LogP contribution < -0.4 is 10.6 Å². The molecule has 7 nitrogen and oxygen atoms in total. The minimum Gasteiger partial charge on any atom is -0.376 e. The van der Waals surface area contributed by atoms with Crippen molar-refractivity contribution in [3.8, 4) is 5.69 Å². The van der Waals surface area contributed by atoms with Crippen molar-refractivity contribution in [3.63, 3.8) is 0 Å². The summed E-state index contributed by atoms with van der Waals surface area (Å²) in [7, 11) is 0. The summed E-state index contributed by atoms with van der Waals surface area (Å²) in [6.45, 7) is 1.17. The molecule has 1 aliphatic carbocycles. The Morgan fingerprint density at radius 2 is 1.88 bits per heavy atom. The van der Waals surface area contributed by atoms with Crippen molar-refractivity contribution in [1.82, 2.24) is 15.1 Å². The Morgan fingerprint density at radius 1 is 1.06 bits per heavy atom. The zero-order valence-corrected chi connectivity index (χ0v) is 18.1. The predicted molar refractivity (Wildman–Crippen MR) is 121 cm³/mol. The third kappa shape index (κ3) is 4.39. The topological polar surface area (TPSA) is 85.2 Å². The molecule has 33 heavy (non-hydrogen) atoms. The van der Waals surface area contributed by atoms with Crippen molar-refractivity contribution in [2.45, 2.75) is 38.2 Å². The van der Waals surface area contributed by atoms with Crippen LogP contribution in [-0.2, 0) is 17.6 Å².